The molecule has 5 heteroatoms. The third-order valence-corrected chi connectivity index (χ3v) is 4.86. The molecule has 1 aliphatic rings. The third kappa shape index (κ3) is 1.69. The van der Waals surface area contributed by atoms with E-state index in [9.17, 15) is 0 Å². The summed E-state index contributed by atoms with van der Waals surface area (Å²) in [5.74, 6) is 1.95. The van der Waals surface area contributed by atoms with Gasteiger partial charge in [0.05, 0.1) is 11.4 Å². The molecule has 1 N–H and O–H groups in total. The molecule has 2 aromatic heterocycles. The van der Waals surface area contributed by atoms with Crippen LogP contribution < -0.4 is 10.2 Å². The van der Waals surface area contributed by atoms with Crippen LogP contribution in [0.4, 0.5) is 5.82 Å². The molecule has 0 aromatic carbocycles. The van der Waals surface area contributed by atoms with Gasteiger partial charge in [-0.15, -0.1) is 11.3 Å². The Balaban J connectivity index is 2.19. The predicted octanol–water partition coefficient (Wildman–Crippen LogP) is 2.02. The molecular formula is C13H18N4S. The van der Waals surface area contributed by atoms with Gasteiger partial charge in [-0.2, -0.15) is 0 Å². The molecule has 3 rings (SSSR count). The molecule has 1 saturated heterocycles. The number of nitrogens with one attached hydrogen (secondary N) is 1. The summed E-state index contributed by atoms with van der Waals surface area (Å²) >= 11 is 1.77. The number of hydrogen-bond donors (Lipinski definition) is 1. The zero-order valence-electron chi connectivity index (χ0n) is 11.2. The molecular weight excluding hydrogens is 244 g/mol. The fourth-order valence-corrected chi connectivity index (χ4v) is 3.38. The van der Waals surface area contributed by atoms with Crippen molar-refractivity contribution in [2.45, 2.75) is 26.8 Å². The Labute approximate surface area is 111 Å². The van der Waals surface area contributed by atoms with E-state index in [2.05, 4.69) is 41.1 Å². The molecule has 1 aliphatic heterocycles. The van der Waals surface area contributed by atoms with Gasteiger partial charge in [-0.3, -0.25) is 0 Å². The first-order valence-electron chi connectivity index (χ1n) is 6.26. The van der Waals surface area contributed by atoms with Crippen molar-refractivity contribution in [1.82, 2.24) is 15.3 Å². The second kappa shape index (κ2) is 4.17. The van der Waals surface area contributed by atoms with Crippen LogP contribution in [0.15, 0.2) is 0 Å². The second-order valence-corrected chi connectivity index (χ2v) is 6.18. The van der Waals surface area contributed by atoms with Gasteiger partial charge in [-0.1, -0.05) is 0 Å². The molecule has 1 fully saturated rings. The zero-order valence-corrected chi connectivity index (χ0v) is 12.1. The maximum absolute atomic E-state index is 4.67. The normalized spacial score (nSPS) is 16.0. The Kier molecular flexibility index (Phi) is 2.75. The van der Waals surface area contributed by atoms with Gasteiger partial charge >= 0.3 is 0 Å². The molecule has 0 amide bonds. The van der Waals surface area contributed by atoms with Gasteiger partial charge in [0.2, 0.25) is 0 Å². The molecule has 0 saturated carbocycles. The Morgan fingerprint density at radius 1 is 1.22 bits per heavy atom. The van der Waals surface area contributed by atoms with Crippen molar-refractivity contribution in [2.75, 3.05) is 25.0 Å². The van der Waals surface area contributed by atoms with E-state index in [0.29, 0.717) is 6.04 Å². The number of aryl methyl sites for hydroxylation is 3. The van der Waals surface area contributed by atoms with Crippen LogP contribution in [0.5, 0.6) is 0 Å². The number of hydrogen-bond acceptors (Lipinski definition) is 5. The van der Waals surface area contributed by atoms with Crippen molar-refractivity contribution in [3.8, 4) is 0 Å². The van der Waals surface area contributed by atoms with Crippen molar-refractivity contribution in [2.24, 2.45) is 0 Å². The number of aromatic nitrogens is 2. The standard InChI is InChI=1S/C13H18N4S/c1-7-8(2)18-13-11(7)12(15-9(3)16-13)17(4)10-5-14-6-10/h10,14H,5-6H2,1-4H3. The van der Waals surface area contributed by atoms with Crippen molar-refractivity contribution < 1.29 is 0 Å². The fourth-order valence-electron chi connectivity index (χ4n) is 2.31. The minimum atomic E-state index is 0.558. The van der Waals surface area contributed by atoms with E-state index in [-0.39, 0.29) is 0 Å². The van der Waals surface area contributed by atoms with Crippen molar-refractivity contribution in [3.63, 3.8) is 0 Å². The number of likely N-dealkylation sites (N-methyl/N-ethyl adjacent to an activating group) is 1. The van der Waals surface area contributed by atoms with Crippen LogP contribution in [0.25, 0.3) is 10.2 Å². The first kappa shape index (κ1) is 11.9. The van der Waals surface area contributed by atoms with Crippen molar-refractivity contribution in [1.29, 1.82) is 0 Å². The third-order valence-electron chi connectivity index (χ3n) is 3.76. The Hall–Kier alpha value is -1.20. The number of anilines is 1. The zero-order chi connectivity index (χ0) is 12.9. The molecule has 0 radical (unpaired) electrons. The van der Waals surface area contributed by atoms with E-state index < -0.39 is 0 Å². The monoisotopic (exact) mass is 262 g/mol. The summed E-state index contributed by atoms with van der Waals surface area (Å²) in [7, 11) is 2.14. The highest BCUT2D eigenvalue weighted by Gasteiger charge is 2.25. The van der Waals surface area contributed by atoms with Gasteiger partial charge in [-0.05, 0) is 26.3 Å². The first-order chi connectivity index (χ1) is 8.58. The van der Waals surface area contributed by atoms with Crippen LogP contribution >= 0.6 is 11.3 Å². The molecule has 0 aliphatic carbocycles. The molecule has 0 atom stereocenters. The Bertz CT molecular complexity index is 601. The number of rotatable bonds is 2. The maximum atomic E-state index is 4.67. The lowest BCUT2D eigenvalue weighted by Crippen LogP contribution is -2.56. The molecule has 0 unspecified atom stereocenters. The predicted molar refractivity (Wildman–Crippen MR) is 76.7 cm³/mol. The SMILES string of the molecule is Cc1nc(N(C)C2CNC2)c2c(C)c(C)sc2n1. The van der Waals surface area contributed by atoms with Crippen LogP contribution in [0, 0.1) is 20.8 Å². The van der Waals surface area contributed by atoms with E-state index in [4.69, 9.17) is 0 Å². The van der Waals surface area contributed by atoms with Gasteiger partial charge < -0.3 is 10.2 Å². The quantitative estimate of drug-likeness (QED) is 0.899. The second-order valence-electron chi connectivity index (χ2n) is 4.98. The van der Waals surface area contributed by atoms with Crippen LogP contribution in [0.2, 0.25) is 0 Å². The maximum Gasteiger partial charge on any atom is 0.141 e. The topological polar surface area (TPSA) is 41.1 Å². The molecule has 0 bridgehead atoms. The van der Waals surface area contributed by atoms with Crippen molar-refractivity contribution >= 4 is 27.4 Å². The largest absolute Gasteiger partial charge is 0.353 e. The van der Waals surface area contributed by atoms with E-state index in [1.54, 1.807) is 11.3 Å². The Morgan fingerprint density at radius 2 is 1.94 bits per heavy atom. The van der Waals surface area contributed by atoms with E-state index in [1.807, 2.05) is 6.92 Å². The summed E-state index contributed by atoms with van der Waals surface area (Å²) in [6.45, 7) is 8.39. The molecule has 0 spiro atoms. The average molecular weight is 262 g/mol. The Morgan fingerprint density at radius 3 is 2.56 bits per heavy atom. The number of nitrogens with zero attached hydrogens (tertiary/aromatic N) is 3. The molecule has 3 heterocycles. The average Bonchev–Trinajstić information content (AvgIpc) is 2.51. The highest BCUT2D eigenvalue weighted by atomic mass is 32.1. The van der Waals surface area contributed by atoms with E-state index in [1.165, 1.54) is 15.8 Å². The lowest BCUT2D eigenvalue weighted by Gasteiger charge is -2.36. The molecule has 4 nitrogen and oxygen atoms in total. The van der Waals surface area contributed by atoms with Crippen LogP contribution in [0.3, 0.4) is 0 Å². The minimum absolute atomic E-state index is 0.558. The van der Waals surface area contributed by atoms with Gasteiger partial charge in [0.25, 0.3) is 0 Å². The highest BCUT2D eigenvalue weighted by Crippen LogP contribution is 2.35. The molecule has 96 valence electrons. The minimum Gasteiger partial charge on any atom is -0.353 e. The first-order valence-corrected chi connectivity index (χ1v) is 7.07. The van der Waals surface area contributed by atoms with Crippen LogP contribution in [-0.4, -0.2) is 36.1 Å². The van der Waals surface area contributed by atoms with Gasteiger partial charge in [-0.25, -0.2) is 9.97 Å². The molecule has 18 heavy (non-hydrogen) atoms. The van der Waals surface area contributed by atoms with Crippen LogP contribution in [-0.2, 0) is 0 Å². The smallest absolute Gasteiger partial charge is 0.141 e. The lowest BCUT2D eigenvalue weighted by molar-refractivity contribution is 0.427. The summed E-state index contributed by atoms with van der Waals surface area (Å²) < 4.78 is 0. The van der Waals surface area contributed by atoms with Gasteiger partial charge in [0.15, 0.2) is 0 Å². The summed E-state index contributed by atoms with van der Waals surface area (Å²) in [6.07, 6.45) is 0. The number of thiophene rings is 1. The summed E-state index contributed by atoms with van der Waals surface area (Å²) in [4.78, 5) is 14.0. The number of fused-ring (bicyclic) bond motifs is 1. The molecule has 2 aromatic rings. The van der Waals surface area contributed by atoms with Gasteiger partial charge in [0.1, 0.15) is 16.5 Å². The summed E-state index contributed by atoms with van der Waals surface area (Å²) in [5.41, 5.74) is 1.32. The summed E-state index contributed by atoms with van der Waals surface area (Å²) in [5, 5.41) is 4.55. The fraction of sp³-hybridized carbons (Fsp3) is 0.538. The van der Waals surface area contributed by atoms with Crippen LogP contribution in [0.1, 0.15) is 16.3 Å². The van der Waals surface area contributed by atoms with Crippen molar-refractivity contribution in [3.05, 3.63) is 16.3 Å². The lowest BCUT2D eigenvalue weighted by atomic mass is 10.1. The van der Waals surface area contributed by atoms with Gasteiger partial charge in [0, 0.05) is 25.0 Å². The van der Waals surface area contributed by atoms with E-state index >= 15 is 0 Å². The highest BCUT2D eigenvalue weighted by molar-refractivity contribution is 7.18. The van der Waals surface area contributed by atoms with E-state index in [0.717, 1.165) is 29.6 Å². The summed E-state index contributed by atoms with van der Waals surface area (Å²) in [6, 6.07) is 0.558.